The van der Waals surface area contributed by atoms with E-state index in [1.165, 1.54) is 34.3 Å². The van der Waals surface area contributed by atoms with Gasteiger partial charge in [-0.25, -0.2) is 0 Å². The molecule has 0 bridgehead atoms. The van der Waals surface area contributed by atoms with Gasteiger partial charge in [-0.2, -0.15) is 0 Å². The van der Waals surface area contributed by atoms with Crippen molar-refractivity contribution in [1.82, 2.24) is 5.32 Å². The fourth-order valence-corrected chi connectivity index (χ4v) is 3.88. The Balaban J connectivity index is 2.37. The molecule has 0 radical (unpaired) electrons. The van der Waals surface area contributed by atoms with Gasteiger partial charge in [-0.3, -0.25) is 14.4 Å². The fourth-order valence-electron chi connectivity index (χ4n) is 3.88. The number of methoxy groups -OCH3 is 4. The van der Waals surface area contributed by atoms with E-state index in [0.29, 0.717) is 41.2 Å². The van der Waals surface area contributed by atoms with E-state index in [9.17, 15) is 14.4 Å². The molecular formula is C23H25NO7. The van der Waals surface area contributed by atoms with Crippen LogP contribution in [0.1, 0.15) is 30.5 Å². The van der Waals surface area contributed by atoms with Gasteiger partial charge in [-0.05, 0) is 47.7 Å². The number of Topliss-reactive ketones (excluding diaryl/α,β-unsaturated/α-hetero) is 1. The van der Waals surface area contributed by atoms with Crippen LogP contribution >= 0.6 is 0 Å². The van der Waals surface area contributed by atoms with Gasteiger partial charge >= 0.3 is 0 Å². The molecule has 1 amide bonds. The van der Waals surface area contributed by atoms with Crippen LogP contribution in [-0.4, -0.2) is 40.1 Å². The molecule has 0 aromatic heterocycles. The second kappa shape index (κ2) is 9.07. The number of ether oxygens (including phenoxy) is 4. The highest BCUT2D eigenvalue weighted by molar-refractivity contribution is 6.35. The minimum absolute atomic E-state index is 0.158. The van der Waals surface area contributed by atoms with Crippen LogP contribution in [0.4, 0.5) is 0 Å². The van der Waals surface area contributed by atoms with Crippen molar-refractivity contribution in [2.45, 2.75) is 25.8 Å². The molecule has 0 fully saturated rings. The van der Waals surface area contributed by atoms with Gasteiger partial charge in [0.2, 0.25) is 17.0 Å². The fraction of sp³-hybridized carbons (Fsp3) is 0.348. The zero-order chi connectivity index (χ0) is 22.7. The van der Waals surface area contributed by atoms with Crippen LogP contribution in [0, 0.1) is 0 Å². The minimum Gasteiger partial charge on any atom is -0.493 e. The standard InChI is InChI=1S/C23H25NO7/c1-12(25)23(27)24-16-8-6-13-10-19(29-3)21(30-4)22(31-5)20(13)14-7-9-18(28-2)17(26)11-15(14)16/h7,9-11,16H,6,8H2,1-5H3,(H,24,27). The van der Waals surface area contributed by atoms with E-state index in [4.69, 9.17) is 18.9 Å². The Morgan fingerprint density at radius 3 is 2.19 bits per heavy atom. The van der Waals surface area contributed by atoms with E-state index in [1.807, 2.05) is 6.07 Å². The SMILES string of the molecule is COc1cc2c(c(OC)c1OC)-c1ccc(OC)c(=O)cc1C(NC(=O)C(C)=O)CC2. The largest absolute Gasteiger partial charge is 0.493 e. The van der Waals surface area contributed by atoms with Crippen LogP contribution < -0.4 is 29.7 Å². The molecule has 1 N–H and O–H groups in total. The number of rotatable bonds is 6. The summed E-state index contributed by atoms with van der Waals surface area (Å²) in [7, 11) is 6.00. The van der Waals surface area contributed by atoms with Gasteiger partial charge in [-0.15, -0.1) is 0 Å². The number of carbonyl (C=O) groups excluding carboxylic acids is 2. The Morgan fingerprint density at radius 2 is 1.61 bits per heavy atom. The molecule has 2 aromatic rings. The normalized spacial score (nSPS) is 14.4. The topological polar surface area (TPSA) is 100 Å². The lowest BCUT2D eigenvalue weighted by Crippen LogP contribution is -2.33. The van der Waals surface area contributed by atoms with Crippen molar-refractivity contribution in [2.24, 2.45) is 0 Å². The molecule has 8 heteroatoms. The number of ketones is 1. The lowest BCUT2D eigenvalue weighted by Gasteiger charge is -2.19. The van der Waals surface area contributed by atoms with Crippen molar-refractivity contribution in [3.05, 3.63) is 45.6 Å². The molecule has 1 aliphatic carbocycles. The van der Waals surface area contributed by atoms with Crippen molar-refractivity contribution < 1.29 is 28.5 Å². The molecule has 0 saturated carbocycles. The molecule has 31 heavy (non-hydrogen) atoms. The number of hydrogen-bond acceptors (Lipinski definition) is 7. The first-order valence-electron chi connectivity index (χ1n) is 9.72. The minimum atomic E-state index is -0.713. The monoisotopic (exact) mass is 427 g/mol. The van der Waals surface area contributed by atoms with Crippen LogP contribution in [0.5, 0.6) is 23.0 Å². The van der Waals surface area contributed by atoms with E-state index >= 15 is 0 Å². The summed E-state index contributed by atoms with van der Waals surface area (Å²) in [5.74, 6) is 0.217. The highest BCUT2D eigenvalue weighted by Gasteiger charge is 2.30. The van der Waals surface area contributed by atoms with Gasteiger partial charge in [0, 0.05) is 12.5 Å². The molecule has 164 valence electrons. The molecule has 0 heterocycles. The van der Waals surface area contributed by atoms with Crippen molar-refractivity contribution in [3.8, 4) is 34.1 Å². The van der Waals surface area contributed by atoms with Crippen molar-refractivity contribution in [3.63, 3.8) is 0 Å². The molecule has 3 rings (SSSR count). The Morgan fingerprint density at radius 1 is 0.935 bits per heavy atom. The van der Waals surface area contributed by atoms with Crippen molar-refractivity contribution in [1.29, 1.82) is 0 Å². The summed E-state index contributed by atoms with van der Waals surface area (Å²) in [6.45, 7) is 1.20. The molecule has 1 unspecified atom stereocenters. The van der Waals surface area contributed by atoms with Crippen molar-refractivity contribution >= 4 is 11.7 Å². The molecular weight excluding hydrogens is 402 g/mol. The smallest absolute Gasteiger partial charge is 0.287 e. The number of carbonyl (C=O) groups is 2. The van der Waals surface area contributed by atoms with Gasteiger partial charge in [0.15, 0.2) is 17.2 Å². The summed E-state index contributed by atoms with van der Waals surface area (Å²) in [5.41, 5.74) is 2.51. The number of hydrogen-bond donors (Lipinski definition) is 1. The average Bonchev–Trinajstić information content (AvgIpc) is 3.00. The number of aryl methyl sites for hydroxylation is 1. The Hall–Kier alpha value is -3.55. The summed E-state index contributed by atoms with van der Waals surface area (Å²) in [5, 5.41) is 2.75. The maximum Gasteiger partial charge on any atom is 0.287 e. The van der Waals surface area contributed by atoms with Gasteiger partial charge < -0.3 is 24.3 Å². The van der Waals surface area contributed by atoms with Crippen LogP contribution in [0.3, 0.4) is 0 Å². The molecule has 0 spiro atoms. The molecule has 0 aliphatic heterocycles. The maximum atomic E-state index is 12.7. The number of amides is 1. The highest BCUT2D eigenvalue weighted by Crippen LogP contribution is 2.50. The lowest BCUT2D eigenvalue weighted by atomic mass is 9.95. The third-order valence-corrected chi connectivity index (χ3v) is 5.35. The summed E-state index contributed by atoms with van der Waals surface area (Å²) in [6, 6.07) is 6.06. The predicted octanol–water partition coefficient (Wildman–Crippen LogP) is 2.44. The van der Waals surface area contributed by atoms with E-state index in [0.717, 1.165) is 11.1 Å². The molecule has 1 atom stereocenters. The molecule has 2 aromatic carbocycles. The molecule has 8 nitrogen and oxygen atoms in total. The second-order valence-corrected chi connectivity index (χ2v) is 7.08. The summed E-state index contributed by atoms with van der Waals surface area (Å²) < 4.78 is 21.9. The van der Waals surface area contributed by atoms with Crippen LogP contribution in [0.15, 0.2) is 29.1 Å². The van der Waals surface area contributed by atoms with Gasteiger partial charge in [0.1, 0.15) is 0 Å². The van der Waals surface area contributed by atoms with Crippen LogP contribution in [-0.2, 0) is 16.0 Å². The Labute approximate surface area is 180 Å². The third-order valence-electron chi connectivity index (χ3n) is 5.35. The quantitative estimate of drug-likeness (QED) is 0.707. The van der Waals surface area contributed by atoms with Crippen LogP contribution in [0.2, 0.25) is 0 Å². The number of nitrogens with one attached hydrogen (secondary N) is 1. The van der Waals surface area contributed by atoms with Crippen molar-refractivity contribution in [2.75, 3.05) is 28.4 Å². The first-order chi connectivity index (χ1) is 14.9. The summed E-state index contributed by atoms with van der Waals surface area (Å²) >= 11 is 0. The number of fused-ring (bicyclic) bond motifs is 3. The summed E-state index contributed by atoms with van der Waals surface area (Å²) in [4.78, 5) is 36.5. The van der Waals surface area contributed by atoms with Gasteiger partial charge in [0.25, 0.3) is 5.91 Å². The average molecular weight is 427 g/mol. The van der Waals surface area contributed by atoms with E-state index in [-0.39, 0.29) is 11.2 Å². The highest BCUT2D eigenvalue weighted by atomic mass is 16.5. The van der Waals surface area contributed by atoms with E-state index < -0.39 is 17.7 Å². The van der Waals surface area contributed by atoms with Crippen LogP contribution in [0.25, 0.3) is 11.1 Å². The molecule has 0 saturated heterocycles. The van der Waals surface area contributed by atoms with E-state index in [2.05, 4.69) is 5.32 Å². The Kier molecular flexibility index (Phi) is 6.48. The Bertz CT molecular complexity index is 1090. The van der Waals surface area contributed by atoms with Gasteiger partial charge in [-0.1, -0.05) is 6.07 Å². The maximum absolute atomic E-state index is 12.7. The zero-order valence-electron chi connectivity index (χ0n) is 18.2. The number of benzene rings is 1. The lowest BCUT2D eigenvalue weighted by molar-refractivity contribution is -0.137. The predicted molar refractivity (Wildman–Crippen MR) is 114 cm³/mol. The summed E-state index contributed by atoms with van der Waals surface area (Å²) in [6.07, 6.45) is 1.00. The second-order valence-electron chi connectivity index (χ2n) is 7.08. The molecule has 1 aliphatic rings. The first-order valence-corrected chi connectivity index (χ1v) is 9.72. The first kappa shape index (κ1) is 22.1. The van der Waals surface area contributed by atoms with Gasteiger partial charge in [0.05, 0.1) is 34.5 Å². The third kappa shape index (κ3) is 4.05. The zero-order valence-corrected chi connectivity index (χ0v) is 18.2. The van der Waals surface area contributed by atoms with E-state index in [1.54, 1.807) is 19.2 Å².